The molecule has 1 unspecified atom stereocenters. The van der Waals surface area contributed by atoms with Gasteiger partial charge in [-0.2, -0.15) is 16.8 Å². The Morgan fingerprint density at radius 3 is 1.17 bits per heavy atom. The number of hydrogen-bond acceptors (Lipinski definition) is 12. The van der Waals surface area contributed by atoms with Gasteiger partial charge in [0.2, 0.25) is 11.6 Å². The van der Waals surface area contributed by atoms with E-state index in [1.165, 1.54) is 27.7 Å². The van der Waals surface area contributed by atoms with Crippen molar-refractivity contribution in [3.63, 3.8) is 0 Å². The number of piperidine rings is 1. The summed E-state index contributed by atoms with van der Waals surface area (Å²) >= 11 is 10.4. The summed E-state index contributed by atoms with van der Waals surface area (Å²) in [4.78, 5) is 51.5. The molecule has 3 amide bonds. The van der Waals surface area contributed by atoms with E-state index in [1.807, 2.05) is 0 Å². The van der Waals surface area contributed by atoms with E-state index in [0.29, 0.717) is 12.2 Å². The number of likely N-dealkylation sites (tertiary alicyclic amines) is 1. The predicted octanol–water partition coefficient (Wildman–Crippen LogP) is 6.16. The molecule has 342 valence electrons. The van der Waals surface area contributed by atoms with Gasteiger partial charge in [-0.15, -0.1) is 0 Å². The number of halogens is 10. The van der Waals surface area contributed by atoms with Gasteiger partial charge in [0, 0.05) is 30.8 Å². The van der Waals surface area contributed by atoms with Crippen LogP contribution in [0.3, 0.4) is 0 Å². The first-order valence-corrected chi connectivity index (χ1v) is 21.5. The Hall–Kier alpha value is -5.80. The molecule has 2 fully saturated rings. The van der Waals surface area contributed by atoms with Gasteiger partial charge in [0.1, 0.15) is 5.57 Å². The Kier molecular flexibility index (Phi) is 13.8. The second-order valence-corrected chi connectivity index (χ2v) is 16.8. The second-order valence-electron chi connectivity index (χ2n) is 13.0. The first kappa shape index (κ1) is 49.2. The Morgan fingerprint density at radius 1 is 0.531 bits per heavy atom. The van der Waals surface area contributed by atoms with Crippen molar-refractivity contribution in [1.29, 1.82) is 0 Å². The maximum Gasteiger partial charge on any atom is 0.345 e. The van der Waals surface area contributed by atoms with Crippen LogP contribution in [-0.2, 0) is 39.4 Å². The fourth-order valence-electron chi connectivity index (χ4n) is 6.21. The Labute approximate surface area is 365 Å². The lowest BCUT2D eigenvalue weighted by Crippen LogP contribution is -2.55. The van der Waals surface area contributed by atoms with Crippen LogP contribution in [-0.4, -0.2) is 84.8 Å². The smallest absolute Gasteiger partial charge is 0.345 e. The fourth-order valence-corrected chi connectivity index (χ4v) is 9.29. The standard InChI is InChI=1S/C37H25F10N3O10S4/c1-5-15-30(51)16(33(52)48(6-2)36(15)61)9-13-11-19(60-64(57,58)32-28(46)24(42)21(39)25(43)29(32)47)14(10-17-34(53)49(7-3)37(62)50(8-4)35(17)54)12-18(13)59-63(55,56)31-26(44)22(40)20(38)23(41)27(31)45/h9-12,15H,5-8H2,1-4H3/b16-9+. The summed E-state index contributed by atoms with van der Waals surface area (Å²) in [5.74, 6) is -37.7. The van der Waals surface area contributed by atoms with Gasteiger partial charge in [-0.25, -0.2) is 43.9 Å². The summed E-state index contributed by atoms with van der Waals surface area (Å²) in [6, 6.07) is 0.429. The van der Waals surface area contributed by atoms with Crippen molar-refractivity contribution in [3.05, 3.63) is 92.6 Å². The molecule has 64 heavy (non-hydrogen) atoms. The Balaban J connectivity index is 1.94. The summed E-state index contributed by atoms with van der Waals surface area (Å²) in [7, 11) is -12.8. The number of likely N-dealkylation sites (N-methyl/N-ethyl adjacent to an activating group) is 3. The highest BCUT2D eigenvalue weighted by molar-refractivity contribution is 7.87. The molecule has 0 bridgehead atoms. The van der Waals surface area contributed by atoms with Crippen molar-refractivity contribution in [1.82, 2.24) is 14.7 Å². The molecule has 0 aromatic heterocycles. The molecular weight excluding hydrogens is 965 g/mol. The van der Waals surface area contributed by atoms with Crippen molar-refractivity contribution >= 4 is 90.4 Å². The molecule has 13 nitrogen and oxygen atoms in total. The lowest BCUT2D eigenvalue weighted by molar-refractivity contribution is -0.134. The minimum Gasteiger partial charge on any atom is -0.378 e. The van der Waals surface area contributed by atoms with Crippen molar-refractivity contribution in [2.24, 2.45) is 5.92 Å². The van der Waals surface area contributed by atoms with Gasteiger partial charge >= 0.3 is 20.2 Å². The zero-order valence-electron chi connectivity index (χ0n) is 32.6. The maximum atomic E-state index is 15.0. The Bertz CT molecular complexity index is 2620. The SMILES string of the molecule is CCC1C(=O)/C(=C\c2cc(OS(=O)(=O)c3c(F)c(F)c(F)c(F)c3F)c(C=C3C(=O)N(CC)C(=S)N(CC)C3=O)cc2OS(=O)(=O)c2c(F)c(F)c(F)c(F)c2F)C(=O)N(CC)C1=S. The van der Waals surface area contributed by atoms with Crippen LogP contribution in [0.2, 0.25) is 0 Å². The molecule has 2 heterocycles. The van der Waals surface area contributed by atoms with Crippen LogP contribution in [0.15, 0.2) is 33.1 Å². The monoisotopic (exact) mass is 989 g/mol. The van der Waals surface area contributed by atoms with Gasteiger partial charge in [-0.1, -0.05) is 19.1 Å². The van der Waals surface area contributed by atoms with Crippen LogP contribution in [0, 0.1) is 64.1 Å². The van der Waals surface area contributed by atoms with Crippen LogP contribution < -0.4 is 8.37 Å². The molecule has 0 saturated carbocycles. The normalized spacial score (nSPS) is 17.0. The average molecular weight is 990 g/mol. The maximum absolute atomic E-state index is 15.0. The minimum absolute atomic E-state index is 0.0904. The van der Waals surface area contributed by atoms with Crippen molar-refractivity contribution in [2.45, 2.75) is 43.9 Å². The number of carbonyl (C=O) groups excluding carboxylic acids is 4. The molecule has 2 saturated heterocycles. The number of rotatable bonds is 12. The van der Waals surface area contributed by atoms with Crippen LogP contribution >= 0.6 is 24.4 Å². The number of ketones is 1. The first-order chi connectivity index (χ1) is 29.7. The topological polar surface area (TPSA) is 165 Å². The molecule has 27 heteroatoms. The van der Waals surface area contributed by atoms with E-state index in [9.17, 15) is 79.9 Å². The van der Waals surface area contributed by atoms with Crippen LogP contribution in [0.4, 0.5) is 43.9 Å². The minimum atomic E-state index is -6.38. The van der Waals surface area contributed by atoms with Gasteiger partial charge < -0.3 is 13.3 Å². The number of nitrogens with zero attached hydrogens (tertiary/aromatic N) is 3. The quantitative estimate of drug-likeness (QED) is 0.0387. The number of amides is 3. The molecule has 1 atom stereocenters. The van der Waals surface area contributed by atoms with Gasteiger partial charge in [0.05, 0.1) is 16.5 Å². The average Bonchev–Trinajstić information content (AvgIpc) is 3.22. The van der Waals surface area contributed by atoms with Crippen LogP contribution in [0.25, 0.3) is 12.2 Å². The molecule has 0 N–H and O–H groups in total. The molecule has 2 aliphatic rings. The fraction of sp³-hybridized carbons (Fsp3) is 0.243. The molecule has 0 radical (unpaired) electrons. The molecule has 0 spiro atoms. The number of benzene rings is 3. The molecule has 3 aromatic carbocycles. The number of thiocarbonyl (C=S) groups is 2. The number of carbonyl (C=O) groups is 4. The van der Waals surface area contributed by atoms with Gasteiger partial charge in [0.15, 0.2) is 78.7 Å². The highest BCUT2D eigenvalue weighted by Crippen LogP contribution is 2.40. The van der Waals surface area contributed by atoms with E-state index < -0.39 is 151 Å². The van der Waals surface area contributed by atoms with Gasteiger partial charge in [0.25, 0.3) is 17.7 Å². The third-order valence-electron chi connectivity index (χ3n) is 9.37. The largest absolute Gasteiger partial charge is 0.378 e. The molecule has 3 aromatic rings. The van der Waals surface area contributed by atoms with Crippen LogP contribution in [0.1, 0.15) is 45.2 Å². The van der Waals surface area contributed by atoms with E-state index in [1.54, 1.807) is 0 Å². The number of hydrogen-bond donors (Lipinski definition) is 0. The zero-order chi connectivity index (χ0) is 48.2. The summed E-state index contributed by atoms with van der Waals surface area (Å²) in [6.07, 6.45) is 0.715. The summed E-state index contributed by atoms with van der Waals surface area (Å²) < 4.78 is 209. The van der Waals surface area contributed by atoms with E-state index in [2.05, 4.69) is 0 Å². The third kappa shape index (κ3) is 8.24. The van der Waals surface area contributed by atoms with Gasteiger partial charge in [-0.3, -0.25) is 29.0 Å². The molecule has 0 aliphatic carbocycles. The molecular formula is C37H25F10N3O10S4. The van der Waals surface area contributed by atoms with Gasteiger partial charge in [-0.05, 0) is 63.7 Å². The lowest BCUT2D eigenvalue weighted by Gasteiger charge is -2.35. The zero-order valence-corrected chi connectivity index (χ0v) is 35.8. The number of Topliss-reactive ketones (excluding diaryl/α,β-unsaturated/α-hetero) is 1. The molecule has 2 aliphatic heterocycles. The van der Waals surface area contributed by atoms with E-state index >= 15 is 0 Å². The van der Waals surface area contributed by atoms with Crippen LogP contribution in [0.5, 0.6) is 11.5 Å². The van der Waals surface area contributed by atoms with Crippen molar-refractivity contribution < 1.29 is 88.3 Å². The van der Waals surface area contributed by atoms with E-state index in [-0.39, 0.29) is 48.3 Å². The summed E-state index contributed by atoms with van der Waals surface area (Å²) in [6.45, 7) is 4.87. The third-order valence-corrected chi connectivity index (χ3v) is 12.8. The van der Waals surface area contributed by atoms with E-state index in [4.69, 9.17) is 32.8 Å². The van der Waals surface area contributed by atoms with Crippen molar-refractivity contribution in [3.8, 4) is 11.5 Å². The molecule has 5 rings (SSSR count). The lowest BCUT2D eigenvalue weighted by atomic mass is 9.88. The second kappa shape index (κ2) is 18.0. The first-order valence-electron chi connectivity index (χ1n) is 17.8. The van der Waals surface area contributed by atoms with E-state index in [0.717, 1.165) is 14.7 Å². The predicted molar refractivity (Wildman–Crippen MR) is 207 cm³/mol. The highest BCUT2D eigenvalue weighted by atomic mass is 32.2. The summed E-state index contributed by atoms with van der Waals surface area (Å²) in [5.41, 5.74) is -4.24. The summed E-state index contributed by atoms with van der Waals surface area (Å²) in [5, 5.41) is -0.366. The Morgan fingerprint density at radius 2 is 0.844 bits per heavy atom. The highest BCUT2D eigenvalue weighted by Gasteiger charge is 2.43. The van der Waals surface area contributed by atoms with Crippen molar-refractivity contribution in [2.75, 3.05) is 19.6 Å².